The van der Waals surface area contributed by atoms with E-state index < -0.39 is 0 Å². The molecule has 0 spiro atoms. The Labute approximate surface area is 111 Å². The molecule has 1 nitrogen and oxygen atoms in total. The predicted octanol–water partition coefficient (Wildman–Crippen LogP) is 3.97. The van der Waals surface area contributed by atoms with E-state index in [2.05, 4.69) is 43.0 Å². The molecule has 0 fully saturated rings. The summed E-state index contributed by atoms with van der Waals surface area (Å²) in [5.74, 6) is 6.12. The summed E-state index contributed by atoms with van der Waals surface area (Å²) in [4.78, 5) is 0. The van der Waals surface area contributed by atoms with Crippen molar-refractivity contribution in [3.05, 3.63) is 47.5 Å². The molecule has 0 aliphatic carbocycles. The van der Waals surface area contributed by atoms with Gasteiger partial charge in [0.05, 0.1) is 6.61 Å². The van der Waals surface area contributed by atoms with Crippen LogP contribution in [0.4, 0.5) is 0 Å². The van der Waals surface area contributed by atoms with E-state index in [9.17, 15) is 0 Å². The Balaban J connectivity index is 2.36. The third-order valence-electron chi connectivity index (χ3n) is 2.63. The van der Waals surface area contributed by atoms with Crippen LogP contribution >= 0.6 is 0 Å². The van der Waals surface area contributed by atoms with Crippen molar-refractivity contribution in [2.75, 3.05) is 13.2 Å². The van der Waals surface area contributed by atoms with Gasteiger partial charge in [0.2, 0.25) is 0 Å². The second-order valence-electron chi connectivity index (χ2n) is 4.19. The van der Waals surface area contributed by atoms with Crippen molar-refractivity contribution in [3.63, 3.8) is 0 Å². The highest BCUT2D eigenvalue weighted by Crippen LogP contribution is 2.06. The molecule has 96 valence electrons. The van der Waals surface area contributed by atoms with Gasteiger partial charge in [-0.05, 0) is 37.5 Å². The van der Waals surface area contributed by atoms with Crippen LogP contribution in [-0.4, -0.2) is 13.2 Å². The largest absolute Gasteiger partial charge is 0.365 e. The lowest BCUT2D eigenvalue weighted by molar-refractivity contribution is 0.199. The first-order chi connectivity index (χ1) is 8.86. The number of hydrogen-bond acceptors (Lipinski definition) is 1. The summed E-state index contributed by atoms with van der Waals surface area (Å²) in [6, 6.07) is 8.51. The summed E-state index contributed by atoms with van der Waals surface area (Å²) in [5, 5.41) is 0. The van der Waals surface area contributed by atoms with Gasteiger partial charge in [-0.25, -0.2) is 0 Å². The summed E-state index contributed by atoms with van der Waals surface area (Å²) >= 11 is 0. The quantitative estimate of drug-likeness (QED) is 0.416. The molecule has 0 aliphatic rings. The number of aryl methyl sites for hydroxylation is 1. The molecule has 1 aromatic rings. The van der Waals surface area contributed by atoms with Crippen LogP contribution < -0.4 is 0 Å². The number of benzene rings is 1. The van der Waals surface area contributed by atoms with Crippen molar-refractivity contribution >= 4 is 0 Å². The van der Waals surface area contributed by atoms with Gasteiger partial charge in [-0.2, -0.15) is 0 Å². The third kappa shape index (κ3) is 6.27. The smallest absolute Gasteiger partial charge is 0.108 e. The van der Waals surface area contributed by atoms with Gasteiger partial charge in [-0.3, -0.25) is 0 Å². The second kappa shape index (κ2) is 9.50. The van der Waals surface area contributed by atoms with Crippen molar-refractivity contribution in [2.45, 2.75) is 33.1 Å². The van der Waals surface area contributed by atoms with Crippen LogP contribution in [0.25, 0.3) is 0 Å². The fraction of sp³-hybridized carbons (Fsp3) is 0.412. The van der Waals surface area contributed by atoms with Crippen molar-refractivity contribution in [3.8, 4) is 11.8 Å². The molecule has 0 radical (unpaired) electrons. The Bertz CT molecular complexity index is 403. The molecule has 0 saturated heterocycles. The zero-order valence-corrected chi connectivity index (χ0v) is 11.4. The van der Waals surface area contributed by atoms with Crippen molar-refractivity contribution in [1.29, 1.82) is 0 Å². The SMILES string of the molecule is C/C=C\COCC#Cc1ccc(CCCC)cc1. The van der Waals surface area contributed by atoms with Gasteiger partial charge in [-0.1, -0.05) is 49.5 Å². The van der Waals surface area contributed by atoms with Gasteiger partial charge in [0.15, 0.2) is 0 Å². The van der Waals surface area contributed by atoms with Gasteiger partial charge in [0.25, 0.3) is 0 Å². The average Bonchev–Trinajstić information content (AvgIpc) is 2.42. The Morgan fingerprint density at radius 2 is 2.00 bits per heavy atom. The van der Waals surface area contributed by atoms with Gasteiger partial charge in [-0.15, -0.1) is 0 Å². The van der Waals surface area contributed by atoms with Crippen LogP contribution in [0, 0.1) is 11.8 Å². The average molecular weight is 242 g/mol. The zero-order chi connectivity index (χ0) is 13.1. The van der Waals surface area contributed by atoms with Crippen LogP contribution in [0.5, 0.6) is 0 Å². The highest BCUT2D eigenvalue weighted by molar-refractivity contribution is 5.36. The van der Waals surface area contributed by atoms with Crippen molar-refractivity contribution in [1.82, 2.24) is 0 Å². The maximum atomic E-state index is 5.31. The first-order valence-corrected chi connectivity index (χ1v) is 6.63. The number of unbranched alkanes of at least 4 members (excludes halogenated alkanes) is 1. The van der Waals surface area contributed by atoms with Crippen LogP contribution in [0.2, 0.25) is 0 Å². The van der Waals surface area contributed by atoms with E-state index in [0.29, 0.717) is 13.2 Å². The summed E-state index contributed by atoms with van der Waals surface area (Å²) < 4.78 is 5.31. The van der Waals surface area contributed by atoms with E-state index in [4.69, 9.17) is 4.74 Å². The van der Waals surface area contributed by atoms with Gasteiger partial charge >= 0.3 is 0 Å². The fourth-order valence-electron chi connectivity index (χ4n) is 1.55. The molecule has 0 aliphatic heterocycles. The summed E-state index contributed by atoms with van der Waals surface area (Å²) in [7, 11) is 0. The molecule has 0 heterocycles. The van der Waals surface area contributed by atoms with Gasteiger partial charge < -0.3 is 4.74 Å². The minimum Gasteiger partial charge on any atom is -0.365 e. The van der Waals surface area contributed by atoms with E-state index in [1.807, 2.05) is 19.1 Å². The van der Waals surface area contributed by atoms with Gasteiger partial charge in [0, 0.05) is 5.56 Å². The molecule has 1 rings (SSSR count). The topological polar surface area (TPSA) is 9.23 Å². The lowest BCUT2D eigenvalue weighted by Crippen LogP contribution is -1.90. The standard InChI is InChI=1S/C17H22O/c1-3-5-8-16-10-12-17(13-11-16)9-7-15-18-14-6-4-2/h4,6,10-13H,3,5,8,14-15H2,1-2H3/b6-4-. The lowest BCUT2D eigenvalue weighted by Gasteiger charge is -1.99. The lowest BCUT2D eigenvalue weighted by atomic mass is 10.1. The van der Waals surface area contributed by atoms with Crippen LogP contribution in [0.1, 0.15) is 37.8 Å². The van der Waals surface area contributed by atoms with Crippen LogP contribution in [-0.2, 0) is 11.2 Å². The summed E-state index contributed by atoms with van der Waals surface area (Å²) in [6.45, 7) is 5.33. The Hall–Kier alpha value is -1.52. The number of hydrogen-bond donors (Lipinski definition) is 0. The minimum absolute atomic E-state index is 0.488. The maximum absolute atomic E-state index is 5.31. The molecular weight excluding hydrogens is 220 g/mol. The Morgan fingerprint density at radius 1 is 1.22 bits per heavy atom. The molecule has 0 saturated carbocycles. The number of allylic oxidation sites excluding steroid dienone is 1. The van der Waals surface area contributed by atoms with Crippen LogP contribution in [0.15, 0.2) is 36.4 Å². The van der Waals surface area contributed by atoms with E-state index in [-0.39, 0.29) is 0 Å². The molecule has 0 amide bonds. The first-order valence-electron chi connectivity index (χ1n) is 6.63. The molecule has 1 heteroatoms. The molecule has 0 aromatic heterocycles. The molecule has 0 unspecified atom stereocenters. The first kappa shape index (κ1) is 14.5. The summed E-state index contributed by atoms with van der Waals surface area (Å²) in [5.41, 5.74) is 2.46. The number of rotatable bonds is 6. The second-order valence-corrected chi connectivity index (χ2v) is 4.19. The van der Waals surface area contributed by atoms with Crippen molar-refractivity contribution in [2.24, 2.45) is 0 Å². The normalized spacial score (nSPS) is 10.3. The minimum atomic E-state index is 0.488. The summed E-state index contributed by atoms with van der Waals surface area (Å²) in [6.07, 6.45) is 7.61. The highest BCUT2D eigenvalue weighted by atomic mass is 16.5. The Kier molecular flexibility index (Phi) is 7.68. The number of ether oxygens (including phenoxy) is 1. The molecule has 18 heavy (non-hydrogen) atoms. The maximum Gasteiger partial charge on any atom is 0.108 e. The fourth-order valence-corrected chi connectivity index (χ4v) is 1.55. The monoisotopic (exact) mass is 242 g/mol. The third-order valence-corrected chi connectivity index (χ3v) is 2.63. The van der Waals surface area contributed by atoms with E-state index >= 15 is 0 Å². The molecule has 0 bridgehead atoms. The molecule has 1 aromatic carbocycles. The Morgan fingerprint density at radius 3 is 2.67 bits per heavy atom. The van der Waals surface area contributed by atoms with Crippen molar-refractivity contribution < 1.29 is 4.74 Å². The molecule has 0 atom stereocenters. The van der Waals surface area contributed by atoms with Gasteiger partial charge in [0.1, 0.15) is 6.61 Å². The van der Waals surface area contributed by atoms with E-state index in [1.54, 1.807) is 0 Å². The van der Waals surface area contributed by atoms with E-state index in [0.717, 1.165) is 12.0 Å². The zero-order valence-electron chi connectivity index (χ0n) is 11.4. The molecule has 0 N–H and O–H groups in total. The van der Waals surface area contributed by atoms with E-state index in [1.165, 1.54) is 18.4 Å². The van der Waals surface area contributed by atoms with Crippen LogP contribution in [0.3, 0.4) is 0 Å². The predicted molar refractivity (Wildman–Crippen MR) is 77.6 cm³/mol. The molecular formula is C17H22O. The highest BCUT2D eigenvalue weighted by Gasteiger charge is 1.92.